The molecule has 0 saturated carbocycles. The molecule has 88 valence electrons. The summed E-state index contributed by atoms with van der Waals surface area (Å²) < 4.78 is 5.17. The van der Waals surface area contributed by atoms with Crippen LogP contribution in [0.5, 0.6) is 0 Å². The molecule has 0 aromatic rings. The molecule has 1 unspecified atom stereocenters. The molecular formula is C13H24O2. The molecule has 0 aliphatic carbocycles. The van der Waals surface area contributed by atoms with Gasteiger partial charge in [0.05, 0.1) is 12.0 Å². The first-order valence-corrected chi connectivity index (χ1v) is 5.54. The van der Waals surface area contributed by atoms with Crippen LogP contribution in [0.1, 0.15) is 41.5 Å². The molecule has 2 nitrogen and oxygen atoms in total. The zero-order valence-electron chi connectivity index (χ0n) is 10.9. The Balaban J connectivity index is 5.24. The number of hydrogen-bond donors (Lipinski definition) is 0. The summed E-state index contributed by atoms with van der Waals surface area (Å²) in [6.45, 7) is 16.2. The molecule has 0 aliphatic heterocycles. The summed E-state index contributed by atoms with van der Waals surface area (Å²) in [6.07, 6.45) is 1.84. The van der Waals surface area contributed by atoms with Crippen LogP contribution >= 0.6 is 0 Å². The maximum Gasteiger partial charge on any atom is 0.312 e. The molecule has 0 N–H and O–H groups in total. The van der Waals surface area contributed by atoms with Crippen molar-refractivity contribution < 1.29 is 9.53 Å². The van der Waals surface area contributed by atoms with Gasteiger partial charge in [0.25, 0.3) is 0 Å². The summed E-state index contributed by atoms with van der Waals surface area (Å²) >= 11 is 0. The quantitative estimate of drug-likeness (QED) is 0.515. The number of carbonyl (C=O) groups excluding carboxylic acids is 1. The number of esters is 1. The van der Waals surface area contributed by atoms with Gasteiger partial charge in [-0.05, 0) is 25.2 Å². The molecule has 0 fully saturated rings. The average Bonchev–Trinajstić information content (AvgIpc) is 2.16. The Morgan fingerprint density at radius 3 is 2.13 bits per heavy atom. The lowest BCUT2D eigenvalue weighted by atomic mass is 9.61. The summed E-state index contributed by atoms with van der Waals surface area (Å²) in [5.41, 5.74) is -0.793. The average molecular weight is 212 g/mol. The molecule has 0 rings (SSSR count). The number of rotatable bonds is 5. The molecule has 15 heavy (non-hydrogen) atoms. The molecular weight excluding hydrogens is 188 g/mol. The Morgan fingerprint density at radius 1 is 1.40 bits per heavy atom. The van der Waals surface area contributed by atoms with Crippen LogP contribution in [0.4, 0.5) is 0 Å². The summed E-state index contributed by atoms with van der Waals surface area (Å²) in [6, 6.07) is 0. The molecule has 2 heteroatoms. The van der Waals surface area contributed by atoms with Crippen molar-refractivity contribution in [1.82, 2.24) is 0 Å². The van der Waals surface area contributed by atoms with Crippen molar-refractivity contribution in [2.75, 3.05) is 6.61 Å². The van der Waals surface area contributed by atoms with Crippen molar-refractivity contribution >= 4 is 5.97 Å². The lowest BCUT2D eigenvalue weighted by molar-refractivity contribution is -0.164. The van der Waals surface area contributed by atoms with E-state index >= 15 is 0 Å². The first kappa shape index (κ1) is 14.2. The minimum Gasteiger partial charge on any atom is -0.466 e. The molecule has 0 radical (unpaired) electrons. The van der Waals surface area contributed by atoms with Gasteiger partial charge in [-0.1, -0.05) is 33.8 Å². The van der Waals surface area contributed by atoms with Crippen molar-refractivity contribution in [2.24, 2.45) is 16.7 Å². The maximum absolute atomic E-state index is 12.0. The largest absolute Gasteiger partial charge is 0.466 e. The van der Waals surface area contributed by atoms with Gasteiger partial charge in [0.15, 0.2) is 0 Å². The highest BCUT2D eigenvalue weighted by molar-refractivity contribution is 5.78. The minimum absolute atomic E-state index is 0.134. The van der Waals surface area contributed by atoms with Gasteiger partial charge >= 0.3 is 5.97 Å². The van der Waals surface area contributed by atoms with Gasteiger partial charge in [-0.3, -0.25) is 4.79 Å². The van der Waals surface area contributed by atoms with Crippen LogP contribution in [0.2, 0.25) is 0 Å². The third-order valence-electron chi connectivity index (χ3n) is 3.70. The fourth-order valence-electron chi connectivity index (χ4n) is 1.74. The van der Waals surface area contributed by atoms with Crippen molar-refractivity contribution in [2.45, 2.75) is 41.5 Å². The van der Waals surface area contributed by atoms with E-state index in [-0.39, 0.29) is 17.3 Å². The third kappa shape index (κ3) is 2.42. The van der Waals surface area contributed by atoms with Crippen LogP contribution < -0.4 is 0 Å². The van der Waals surface area contributed by atoms with Crippen molar-refractivity contribution in [3.8, 4) is 0 Å². The standard InChI is InChI=1S/C13H24O2/c1-8-12(5,6)13(7,10(3)4)11(14)15-9-2/h8,10H,1,9H2,2-7H3. The molecule has 0 heterocycles. The van der Waals surface area contributed by atoms with E-state index in [1.165, 1.54) is 0 Å². The molecule has 0 spiro atoms. The monoisotopic (exact) mass is 212 g/mol. The second-order valence-corrected chi connectivity index (χ2v) is 5.00. The fourth-order valence-corrected chi connectivity index (χ4v) is 1.74. The Morgan fingerprint density at radius 2 is 1.87 bits per heavy atom. The van der Waals surface area contributed by atoms with Crippen LogP contribution in [-0.4, -0.2) is 12.6 Å². The second kappa shape index (κ2) is 4.82. The van der Waals surface area contributed by atoms with E-state index in [0.717, 1.165) is 0 Å². The number of carbonyl (C=O) groups is 1. The van der Waals surface area contributed by atoms with E-state index in [4.69, 9.17) is 4.74 Å². The molecule has 0 amide bonds. The van der Waals surface area contributed by atoms with Crippen LogP contribution in [0, 0.1) is 16.7 Å². The van der Waals surface area contributed by atoms with Crippen LogP contribution in [0.15, 0.2) is 12.7 Å². The Hall–Kier alpha value is -0.790. The predicted octanol–water partition coefficient (Wildman–Crippen LogP) is 3.42. The summed E-state index contributed by atoms with van der Waals surface area (Å²) in [5, 5.41) is 0. The third-order valence-corrected chi connectivity index (χ3v) is 3.70. The number of ether oxygens (including phenoxy) is 1. The van der Waals surface area contributed by atoms with Gasteiger partial charge < -0.3 is 4.74 Å². The van der Waals surface area contributed by atoms with Crippen LogP contribution in [0.3, 0.4) is 0 Å². The van der Waals surface area contributed by atoms with Crippen molar-refractivity contribution in [1.29, 1.82) is 0 Å². The Kier molecular flexibility index (Phi) is 4.57. The highest BCUT2D eigenvalue weighted by atomic mass is 16.5. The number of hydrogen-bond acceptors (Lipinski definition) is 2. The zero-order chi connectivity index (χ0) is 12.3. The van der Waals surface area contributed by atoms with Crippen molar-refractivity contribution in [3.63, 3.8) is 0 Å². The molecule has 0 aromatic heterocycles. The van der Waals surface area contributed by atoms with E-state index in [1.807, 2.05) is 47.6 Å². The molecule has 0 bridgehead atoms. The van der Waals surface area contributed by atoms with Crippen LogP contribution in [0.25, 0.3) is 0 Å². The van der Waals surface area contributed by atoms with E-state index in [2.05, 4.69) is 6.58 Å². The van der Waals surface area contributed by atoms with E-state index in [0.29, 0.717) is 6.61 Å². The predicted molar refractivity (Wildman–Crippen MR) is 63.6 cm³/mol. The molecule has 0 aliphatic rings. The fraction of sp³-hybridized carbons (Fsp3) is 0.769. The van der Waals surface area contributed by atoms with E-state index in [1.54, 1.807) is 0 Å². The second-order valence-electron chi connectivity index (χ2n) is 5.00. The number of allylic oxidation sites excluding steroid dienone is 1. The highest BCUT2D eigenvalue weighted by Crippen LogP contribution is 2.46. The maximum atomic E-state index is 12.0. The molecule has 1 atom stereocenters. The highest BCUT2D eigenvalue weighted by Gasteiger charge is 2.48. The first-order chi connectivity index (χ1) is 6.74. The Labute approximate surface area is 93.7 Å². The minimum atomic E-state index is -0.523. The van der Waals surface area contributed by atoms with Gasteiger partial charge in [0.1, 0.15) is 0 Å². The SMILES string of the molecule is C=CC(C)(C)C(C)(C(=O)OCC)C(C)C. The van der Waals surface area contributed by atoms with Gasteiger partial charge in [-0.25, -0.2) is 0 Å². The normalized spacial score (nSPS) is 15.9. The Bertz CT molecular complexity index is 241. The molecule has 0 aromatic carbocycles. The van der Waals surface area contributed by atoms with Gasteiger partial charge in [0, 0.05) is 0 Å². The summed E-state index contributed by atoms with van der Waals surface area (Å²) in [5.74, 6) is 0.0782. The topological polar surface area (TPSA) is 26.3 Å². The van der Waals surface area contributed by atoms with Gasteiger partial charge in [-0.15, -0.1) is 6.58 Å². The zero-order valence-corrected chi connectivity index (χ0v) is 10.9. The lowest BCUT2D eigenvalue weighted by Crippen LogP contribution is -2.46. The smallest absolute Gasteiger partial charge is 0.312 e. The van der Waals surface area contributed by atoms with Crippen molar-refractivity contribution in [3.05, 3.63) is 12.7 Å². The van der Waals surface area contributed by atoms with E-state index < -0.39 is 5.41 Å². The lowest BCUT2D eigenvalue weighted by Gasteiger charge is -2.43. The first-order valence-electron chi connectivity index (χ1n) is 5.54. The van der Waals surface area contributed by atoms with E-state index in [9.17, 15) is 4.79 Å². The van der Waals surface area contributed by atoms with Gasteiger partial charge in [-0.2, -0.15) is 0 Å². The molecule has 0 saturated heterocycles. The van der Waals surface area contributed by atoms with Crippen LogP contribution in [-0.2, 0) is 9.53 Å². The summed E-state index contributed by atoms with van der Waals surface area (Å²) in [7, 11) is 0. The summed E-state index contributed by atoms with van der Waals surface area (Å²) in [4.78, 5) is 12.0. The van der Waals surface area contributed by atoms with Gasteiger partial charge in [0.2, 0.25) is 0 Å².